The van der Waals surface area contributed by atoms with Crippen LogP contribution in [0.25, 0.3) is 0 Å². The van der Waals surface area contributed by atoms with Gasteiger partial charge in [0.05, 0.1) is 17.7 Å². The molecule has 0 radical (unpaired) electrons. The molecule has 12 heteroatoms. The minimum atomic E-state index is -0.604. The quantitative estimate of drug-likeness (QED) is 0.137. The molecule has 1 unspecified atom stereocenters. The smallest absolute Gasteiger partial charge is 0.410 e. The van der Waals surface area contributed by atoms with Crippen LogP contribution in [0.5, 0.6) is 11.5 Å². The number of aryl methyl sites for hydroxylation is 1. The Bertz CT molecular complexity index is 1740. The van der Waals surface area contributed by atoms with Crippen LogP contribution in [0.4, 0.5) is 9.59 Å². The van der Waals surface area contributed by atoms with Gasteiger partial charge in [0.2, 0.25) is 0 Å². The highest BCUT2D eigenvalue weighted by Gasteiger charge is 2.38. The van der Waals surface area contributed by atoms with Crippen LogP contribution in [-0.2, 0) is 14.3 Å². The predicted molar refractivity (Wildman–Crippen MR) is 212 cm³/mol. The number of allylic oxidation sites excluding steroid dienone is 1. The predicted octanol–water partition coefficient (Wildman–Crippen LogP) is 8.72. The molecule has 0 fully saturated rings. The van der Waals surface area contributed by atoms with Gasteiger partial charge in [0.25, 0.3) is 5.91 Å². The van der Waals surface area contributed by atoms with Gasteiger partial charge in [-0.25, -0.2) is 14.4 Å². The summed E-state index contributed by atoms with van der Waals surface area (Å²) < 4.78 is 16.5. The number of hydrogen-bond donors (Lipinski definition) is 1. The molecule has 0 spiro atoms. The molecule has 1 N–H and O–H groups in total. The third-order valence-electron chi connectivity index (χ3n) is 8.12. The van der Waals surface area contributed by atoms with Crippen molar-refractivity contribution in [3.63, 3.8) is 0 Å². The first-order chi connectivity index (χ1) is 25.5. The normalized spacial score (nSPS) is 14.1. The molecule has 11 nitrogen and oxygen atoms in total. The monoisotopic (exact) mass is 762 g/mol. The van der Waals surface area contributed by atoms with Gasteiger partial charge in [0.15, 0.2) is 0 Å². The number of para-hydroxylation sites is 1. The van der Waals surface area contributed by atoms with E-state index in [-0.39, 0.29) is 24.1 Å². The van der Waals surface area contributed by atoms with Crippen LogP contribution in [0.1, 0.15) is 81.9 Å². The van der Waals surface area contributed by atoms with E-state index in [0.29, 0.717) is 54.5 Å². The van der Waals surface area contributed by atoms with Gasteiger partial charge in [-0.05, 0) is 103 Å². The number of ether oxygens (including phenoxy) is 3. The van der Waals surface area contributed by atoms with E-state index < -0.39 is 17.6 Å². The van der Waals surface area contributed by atoms with E-state index in [2.05, 4.69) is 5.32 Å². The van der Waals surface area contributed by atoms with E-state index in [4.69, 9.17) is 25.8 Å². The molecule has 4 rings (SSSR count). The zero-order valence-corrected chi connectivity index (χ0v) is 33.7. The van der Waals surface area contributed by atoms with Crippen molar-refractivity contribution in [3.05, 3.63) is 107 Å². The lowest BCUT2D eigenvalue weighted by Crippen LogP contribution is -2.49. The van der Waals surface area contributed by atoms with Gasteiger partial charge in [-0.15, -0.1) is 11.6 Å². The van der Waals surface area contributed by atoms with Crippen LogP contribution in [0.2, 0.25) is 0 Å². The number of alkyl halides is 1. The Hall–Kier alpha value is -5.03. The number of halogens is 1. The van der Waals surface area contributed by atoms with E-state index >= 15 is 0 Å². The van der Waals surface area contributed by atoms with Gasteiger partial charge in [0.1, 0.15) is 17.1 Å². The Morgan fingerprint density at radius 2 is 1.50 bits per heavy atom. The molecule has 4 amide bonds. The summed E-state index contributed by atoms with van der Waals surface area (Å²) >= 11 is 5.50. The topological polar surface area (TPSA) is 118 Å². The van der Waals surface area contributed by atoms with Crippen molar-refractivity contribution in [2.75, 3.05) is 39.6 Å². The van der Waals surface area contributed by atoms with Crippen LogP contribution < -0.4 is 10.1 Å². The van der Waals surface area contributed by atoms with E-state index in [1.165, 1.54) is 4.90 Å². The summed E-state index contributed by atoms with van der Waals surface area (Å²) in [6.07, 6.45) is 0.707. The van der Waals surface area contributed by atoms with Crippen molar-refractivity contribution >= 4 is 35.6 Å². The summed E-state index contributed by atoms with van der Waals surface area (Å²) in [7, 11) is 3.45. The highest BCUT2D eigenvalue weighted by molar-refractivity contribution is 6.17. The van der Waals surface area contributed by atoms with Crippen LogP contribution in [0.15, 0.2) is 90.1 Å². The maximum Gasteiger partial charge on any atom is 0.410 e. The molecule has 292 valence electrons. The molecule has 1 heterocycles. The number of amides is 4. The van der Waals surface area contributed by atoms with E-state index in [1.807, 2.05) is 82.3 Å². The molecule has 0 saturated heterocycles. The van der Waals surface area contributed by atoms with Crippen molar-refractivity contribution < 1.29 is 33.4 Å². The second-order valence-electron chi connectivity index (χ2n) is 14.4. The first kappa shape index (κ1) is 43.4. The second kappa shape index (κ2) is 20.4. The highest BCUT2D eigenvalue weighted by atomic mass is 35.5. The Balaban J connectivity index is 0.000000515. The number of benzene rings is 3. The summed E-state index contributed by atoms with van der Waals surface area (Å²) in [5.41, 5.74) is 2.86. The summed E-state index contributed by atoms with van der Waals surface area (Å²) in [6, 6.07) is 23.4. The van der Waals surface area contributed by atoms with Gasteiger partial charge >= 0.3 is 18.1 Å². The zero-order valence-electron chi connectivity index (χ0n) is 33.0. The molecule has 3 aromatic carbocycles. The fourth-order valence-electron chi connectivity index (χ4n) is 5.56. The lowest BCUT2D eigenvalue weighted by molar-refractivity contribution is -0.143. The van der Waals surface area contributed by atoms with Crippen molar-refractivity contribution in [1.29, 1.82) is 0 Å². The Labute approximate surface area is 325 Å². The second-order valence-corrected chi connectivity index (χ2v) is 14.8. The Morgan fingerprint density at radius 1 is 0.870 bits per heavy atom. The van der Waals surface area contributed by atoms with Crippen LogP contribution in [0, 0.1) is 6.92 Å². The molecule has 1 atom stereocenters. The Morgan fingerprint density at radius 3 is 2.09 bits per heavy atom. The van der Waals surface area contributed by atoms with Gasteiger partial charge in [-0.3, -0.25) is 4.79 Å². The van der Waals surface area contributed by atoms with Crippen LogP contribution in [-0.4, -0.2) is 90.0 Å². The fourth-order valence-corrected chi connectivity index (χ4v) is 5.68. The molecule has 0 aromatic heterocycles. The molecule has 0 aliphatic carbocycles. The number of hydrogen-bond acceptors (Lipinski definition) is 7. The number of esters is 1. The molecular formula is C42H55ClN4O7. The third-order valence-corrected chi connectivity index (χ3v) is 8.38. The largest absolute Gasteiger partial charge is 0.459 e. The number of carbonyl (C=O) groups excluding carboxylic acids is 4. The standard InChI is InChI=1S/C33H37N3O5.C9H18ClNO2/c1-22(2)40-32(38)29-24(4)34-33(39)36(30(29)26-12-9-11-23(3)21-26)20-10-19-35(5)31(37)25-15-17-28(18-16-25)41-27-13-7-6-8-14-27;1-9(2,3)13-8(12)11(4)7-5-6-10/h6-9,11-18,21-22,30H,10,19-20H2,1-5H3,(H,34,39);5-7H2,1-4H3. The summed E-state index contributed by atoms with van der Waals surface area (Å²) in [6.45, 7) is 14.2. The highest BCUT2D eigenvalue weighted by Crippen LogP contribution is 2.35. The zero-order chi connectivity index (χ0) is 40.0. The third kappa shape index (κ3) is 13.4. The first-order valence-electron chi connectivity index (χ1n) is 18.1. The number of nitrogens with one attached hydrogen (secondary N) is 1. The lowest BCUT2D eigenvalue weighted by atomic mass is 9.92. The molecule has 0 bridgehead atoms. The van der Waals surface area contributed by atoms with Crippen molar-refractivity contribution in [2.45, 2.75) is 79.1 Å². The van der Waals surface area contributed by atoms with Crippen molar-refractivity contribution in [2.24, 2.45) is 0 Å². The molecule has 3 aromatic rings. The molecular weight excluding hydrogens is 708 g/mol. The van der Waals surface area contributed by atoms with E-state index in [9.17, 15) is 19.2 Å². The van der Waals surface area contributed by atoms with Gasteiger partial charge < -0.3 is 34.2 Å². The molecule has 0 saturated carbocycles. The lowest BCUT2D eigenvalue weighted by Gasteiger charge is -2.38. The molecule has 54 heavy (non-hydrogen) atoms. The fraction of sp³-hybridized carbons (Fsp3) is 0.429. The minimum absolute atomic E-state index is 0.133. The van der Waals surface area contributed by atoms with Gasteiger partial charge in [0, 0.05) is 50.9 Å². The van der Waals surface area contributed by atoms with Gasteiger partial charge in [-0.2, -0.15) is 0 Å². The molecule has 1 aliphatic heterocycles. The average Bonchev–Trinajstić information content (AvgIpc) is 3.10. The maximum atomic E-state index is 13.2. The van der Waals surface area contributed by atoms with E-state index in [0.717, 1.165) is 23.3 Å². The van der Waals surface area contributed by atoms with Crippen LogP contribution >= 0.6 is 11.6 Å². The minimum Gasteiger partial charge on any atom is -0.459 e. The van der Waals surface area contributed by atoms with Crippen molar-refractivity contribution in [1.82, 2.24) is 20.0 Å². The Kier molecular flexibility index (Phi) is 16.4. The molecule has 1 aliphatic rings. The van der Waals surface area contributed by atoms with Crippen molar-refractivity contribution in [3.8, 4) is 11.5 Å². The van der Waals surface area contributed by atoms with Crippen LogP contribution in [0.3, 0.4) is 0 Å². The maximum absolute atomic E-state index is 13.2. The summed E-state index contributed by atoms with van der Waals surface area (Å²) in [5.74, 6) is 1.34. The first-order valence-corrected chi connectivity index (χ1v) is 18.7. The van der Waals surface area contributed by atoms with E-state index in [1.54, 1.807) is 68.9 Å². The van der Waals surface area contributed by atoms with Gasteiger partial charge in [-0.1, -0.05) is 48.0 Å². The average molecular weight is 763 g/mol. The number of nitrogens with zero attached hydrogens (tertiary/aromatic N) is 3. The number of carbonyl (C=O) groups is 4. The summed E-state index contributed by atoms with van der Waals surface area (Å²) in [5, 5.41) is 2.83. The number of urea groups is 1. The number of rotatable bonds is 13. The SMILES string of the molecule is CC1=C(C(=O)OC(C)C)C(c2cccc(C)c2)N(CCCN(C)C(=O)c2ccc(Oc3ccccc3)cc2)C(=O)N1.CN(CCCCl)C(=O)OC(C)(C)C. The summed E-state index contributed by atoms with van der Waals surface area (Å²) in [4.78, 5) is 55.6.